The number of rotatable bonds is 5. The molecular formula is C12H13BrN2O5. The molecule has 0 aliphatic heterocycles. The summed E-state index contributed by atoms with van der Waals surface area (Å²) in [5, 5.41) is 13.6. The zero-order valence-corrected chi connectivity index (χ0v) is 12.2. The van der Waals surface area contributed by atoms with E-state index in [0.29, 0.717) is 4.47 Å². The molecule has 8 heteroatoms. The Balaban J connectivity index is 2.62. The fourth-order valence-electron chi connectivity index (χ4n) is 1.33. The maximum atomic E-state index is 11.5. The molecular weight excluding hydrogens is 332 g/mol. The van der Waals surface area contributed by atoms with Crippen LogP contribution in [0.3, 0.4) is 0 Å². The number of carbonyl (C=O) groups excluding carboxylic acids is 2. The van der Waals surface area contributed by atoms with Crippen molar-refractivity contribution in [3.63, 3.8) is 0 Å². The average molecular weight is 345 g/mol. The molecule has 0 radical (unpaired) electrons. The van der Waals surface area contributed by atoms with Crippen molar-refractivity contribution in [3.05, 3.63) is 28.2 Å². The van der Waals surface area contributed by atoms with Gasteiger partial charge in [-0.25, -0.2) is 9.59 Å². The molecule has 1 rings (SSSR count). The van der Waals surface area contributed by atoms with Crippen molar-refractivity contribution in [2.24, 2.45) is 0 Å². The molecule has 3 N–H and O–H groups in total. The smallest absolute Gasteiger partial charge is 0.335 e. The van der Waals surface area contributed by atoms with E-state index in [0.717, 1.165) is 0 Å². The summed E-state index contributed by atoms with van der Waals surface area (Å²) < 4.78 is 5.16. The van der Waals surface area contributed by atoms with Gasteiger partial charge < -0.3 is 20.5 Å². The fraction of sp³-hybridized carbons (Fsp3) is 0.250. The summed E-state index contributed by atoms with van der Waals surface area (Å²) in [7, 11) is 0. The van der Waals surface area contributed by atoms with Gasteiger partial charge in [0.05, 0.1) is 12.2 Å². The first kappa shape index (κ1) is 16.0. The Kier molecular flexibility index (Phi) is 5.98. The molecule has 1 aromatic carbocycles. The van der Waals surface area contributed by atoms with Gasteiger partial charge in [0.15, 0.2) is 0 Å². The average Bonchev–Trinajstić information content (AvgIpc) is 2.36. The van der Waals surface area contributed by atoms with Crippen molar-refractivity contribution in [2.75, 3.05) is 18.5 Å². The molecule has 0 aliphatic carbocycles. The van der Waals surface area contributed by atoms with E-state index in [2.05, 4.69) is 31.3 Å². The summed E-state index contributed by atoms with van der Waals surface area (Å²) in [4.78, 5) is 33.4. The van der Waals surface area contributed by atoms with Crippen molar-refractivity contribution in [3.8, 4) is 0 Å². The number of halogens is 1. The minimum Gasteiger partial charge on any atom is -0.478 e. The molecule has 20 heavy (non-hydrogen) atoms. The van der Waals surface area contributed by atoms with Crippen LogP contribution in [0.4, 0.5) is 10.5 Å². The van der Waals surface area contributed by atoms with Crippen molar-refractivity contribution in [2.45, 2.75) is 6.92 Å². The number of urea groups is 1. The first-order valence-corrected chi connectivity index (χ1v) is 6.46. The van der Waals surface area contributed by atoms with Crippen LogP contribution < -0.4 is 10.6 Å². The van der Waals surface area contributed by atoms with Gasteiger partial charge in [0.1, 0.15) is 6.54 Å². The molecule has 7 nitrogen and oxygen atoms in total. The largest absolute Gasteiger partial charge is 0.478 e. The SMILES string of the molecule is CCOC(=O)CNC(=O)Nc1cc(Br)cc(C(=O)O)c1. The maximum absolute atomic E-state index is 11.5. The van der Waals surface area contributed by atoms with Gasteiger partial charge in [-0.05, 0) is 25.1 Å². The molecule has 1 aromatic rings. The number of carbonyl (C=O) groups is 3. The molecule has 0 fully saturated rings. The van der Waals surface area contributed by atoms with Crippen LogP contribution in [-0.4, -0.2) is 36.2 Å². The summed E-state index contributed by atoms with van der Waals surface area (Å²) in [5.41, 5.74) is 0.318. The van der Waals surface area contributed by atoms with Gasteiger partial charge in [0.25, 0.3) is 0 Å². The highest BCUT2D eigenvalue weighted by atomic mass is 79.9. The van der Waals surface area contributed by atoms with Gasteiger partial charge in [0.2, 0.25) is 0 Å². The van der Waals surface area contributed by atoms with Crippen LogP contribution in [0.15, 0.2) is 22.7 Å². The zero-order valence-electron chi connectivity index (χ0n) is 10.6. The van der Waals surface area contributed by atoms with E-state index in [9.17, 15) is 14.4 Å². The summed E-state index contributed by atoms with van der Waals surface area (Å²) in [6.07, 6.45) is 0. The van der Waals surface area contributed by atoms with Gasteiger partial charge in [-0.1, -0.05) is 15.9 Å². The Bertz CT molecular complexity index is 533. The number of amides is 2. The number of aromatic carboxylic acids is 1. The van der Waals surface area contributed by atoms with Crippen LogP contribution in [-0.2, 0) is 9.53 Å². The second kappa shape index (κ2) is 7.49. The number of benzene rings is 1. The number of esters is 1. The van der Waals surface area contributed by atoms with Crippen LogP contribution >= 0.6 is 15.9 Å². The fourth-order valence-corrected chi connectivity index (χ4v) is 1.82. The van der Waals surface area contributed by atoms with Crippen LogP contribution in [0.5, 0.6) is 0 Å². The third-order valence-electron chi connectivity index (χ3n) is 2.10. The second-order valence-electron chi connectivity index (χ2n) is 3.65. The second-order valence-corrected chi connectivity index (χ2v) is 4.56. The monoisotopic (exact) mass is 344 g/mol. The first-order chi connectivity index (χ1) is 9.42. The molecule has 0 aliphatic rings. The molecule has 0 saturated carbocycles. The lowest BCUT2D eigenvalue weighted by Gasteiger charge is -2.08. The minimum absolute atomic E-state index is 0.0278. The van der Waals surface area contributed by atoms with Gasteiger partial charge in [-0.15, -0.1) is 0 Å². The lowest BCUT2D eigenvalue weighted by molar-refractivity contribution is -0.141. The molecule has 0 saturated heterocycles. The Morgan fingerprint density at radius 1 is 1.30 bits per heavy atom. The predicted molar refractivity (Wildman–Crippen MR) is 74.8 cm³/mol. The van der Waals surface area contributed by atoms with E-state index in [1.807, 2.05) is 0 Å². The number of nitrogens with one attached hydrogen (secondary N) is 2. The number of hydrogen-bond donors (Lipinski definition) is 3. The molecule has 0 aromatic heterocycles. The third kappa shape index (κ3) is 5.27. The van der Waals surface area contributed by atoms with Gasteiger partial charge >= 0.3 is 18.0 Å². The molecule has 0 atom stereocenters. The van der Waals surface area contributed by atoms with Crippen LogP contribution in [0, 0.1) is 0 Å². The van der Waals surface area contributed by atoms with E-state index in [-0.39, 0.29) is 24.4 Å². The molecule has 0 bridgehead atoms. The predicted octanol–water partition coefficient (Wildman–Crippen LogP) is 1.83. The summed E-state index contributed by atoms with van der Waals surface area (Å²) in [5.74, 6) is -1.66. The van der Waals surface area contributed by atoms with Crippen molar-refractivity contribution in [1.29, 1.82) is 0 Å². The highest BCUT2D eigenvalue weighted by Gasteiger charge is 2.09. The topological polar surface area (TPSA) is 105 Å². The van der Waals surface area contributed by atoms with E-state index in [1.165, 1.54) is 18.2 Å². The van der Waals surface area contributed by atoms with Crippen LogP contribution in [0.2, 0.25) is 0 Å². The number of anilines is 1. The Labute approximate surface area is 123 Å². The molecule has 0 unspecified atom stereocenters. The quantitative estimate of drug-likeness (QED) is 0.706. The number of carboxylic acids is 1. The van der Waals surface area contributed by atoms with Crippen LogP contribution in [0.25, 0.3) is 0 Å². The maximum Gasteiger partial charge on any atom is 0.335 e. The highest BCUT2D eigenvalue weighted by molar-refractivity contribution is 9.10. The van der Waals surface area contributed by atoms with Crippen LogP contribution in [0.1, 0.15) is 17.3 Å². The number of carboxylic acid groups (broad SMARTS) is 1. The molecule has 108 valence electrons. The Morgan fingerprint density at radius 3 is 2.60 bits per heavy atom. The number of ether oxygens (including phenoxy) is 1. The standard InChI is InChI=1S/C12H13BrN2O5/c1-2-20-10(16)6-14-12(19)15-9-4-7(11(17)18)3-8(13)5-9/h3-5H,2,6H2,1H3,(H,17,18)(H2,14,15,19). The van der Waals surface area contributed by atoms with Crippen molar-refractivity contribution < 1.29 is 24.2 Å². The Hall–Kier alpha value is -2.09. The molecule has 0 spiro atoms. The van der Waals surface area contributed by atoms with E-state index in [4.69, 9.17) is 5.11 Å². The third-order valence-corrected chi connectivity index (χ3v) is 2.56. The lowest BCUT2D eigenvalue weighted by Crippen LogP contribution is -2.34. The minimum atomic E-state index is -1.11. The van der Waals surface area contributed by atoms with Gasteiger partial charge in [0, 0.05) is 10.2 Å². The summed E-state index contributed by atoms with van der Waals surface area (Å²) in [6, 6.07) is 3.62. The van der Waals surface area contributed by atoms with E-state index < -0.39 is 18.0 Å². The van der Waals surface area contributed by atoms with Gasteiger partial charge in [-0.3, -0.25) is 4.79 Å². The first-order valence-electron chi connectivity index (χ1n) is 5.66. The van der Waals surface area contributed by atoms with E-state index >= 15 is 0 Å². The van der Waals surface area contributed by atoms with Gasteiger partial charge in [-0.2, -0.15) is 0 Å². The zero-order chi connectivity index (χ0) is 15.1. The Morgan fingerprint density at radius 2 is 2.00 bits per heavy atom. The van der Waals surface area contributed by atoms with Crippen molar-refractivity contribution >= 4 is 39.6 Å². The summed E-state index contributed by atoms with van der Waals surface area (Å²) >= 11 is 3.14. The molecule has 0 heterocycles. The lowest BCUT2D eigenvalue weighted by atomic mass is 10.2. The van der Waals surface area contributed by atoms with E-state index in [1.54, 1.807) is 6.92 Å². The number of hydrogen-bond acceptors (Lipinski definition) is 4. The molecule has 2 amide bonds. The summed E-state index contributed by atoms with van der Waals surface area (Å²) in [6.45, 7) is 1.63. The normalized spacial score (nSPS) is 9.70. The highest BCUT2D eigenvalue weighted by Crippen LogP contribution is 2.19. The van der Waals surface area contributed by atoms with Crippen molar-refractivity contribution in [1.82, 2.24) is 5.32 Å².